The normalized spacial score (nSPS) is 13.0. The molecule has 31 heavy (non-hydrogen) atoms. The molecule has 3 aromatic rings. The molecule has 0 bridgehead atoms. The first-order valence-corrected chi connectivity index (χ1v) is 15.7. The highest BCUT2D eigenvalue weighted by Gasteiger charge is 2.53. The molecule has 0 aliphatic carbocycles. The van der Waals surface area contributed by atoms with Crippen LogP contribution < -0.4 is 32.9 Å². The topological polar surface area (TPSA) is 9.23 Å². The number of rotatable bonds is 8. The Hall–Kier alpha value is -1.25. The summed E-state index contributed by atoms with van der Waals surface area (Å²) in [6.07, 6.45) is 2.22. The van der Waals surface area contributed by atoms with Crippen molar-refractivity contribution >= 4 is 32.2 Å². The van der Waals surface area contributed by atoms with Crippen LogP contribution in [0.3, 0.4) is 0 Å². The highest BCUT2D eigenvalue weighted by molar-refractivity contribution is 7.96. The molecule has 0 radical (unpaired) electrons. The fourth-order valence-corrected chi connectivity index (χ4v) is 10.7. The predicted molar refractivity (Wildman–Crippen MR) is 138 cm³/mol. The van der Waals surface area contributed by atoms with E-state index in [9.17, 15) is 0 Å². The van der Waals surface area contributed by atoms with Crippen molar-refractivity contribution in [1.82, 2.24) is 0 Å². The fourth-order valence-electron chi connectivity index (χ4n) is 4.16. The lowest BCUT2D eigenvalue weighted by Gasteiger charge is -2.36. The summed E-state index contributed by atoms with van der Waals surface area (Å²) < 4.78 is 6.96. The number of hydrogen-bond acceptors (Lipinski definition) is 1. The summed E-state index contributed by atoms with van der Waals surface area (Å²) >= 11 is 0. The first-order chi connectivity index (χ1) is 14.3. The van der Waals surface area contributed by atoms with E-state index in [2.05, 4.69) is 125 Å². The van der Waals surface area contributed by atoms with E-state index in [4.69, 9.17) is 4.43 Å². The molecule has 0 fully saturated rings. The van der Waals surface area contributed by atoms with Gasteiger partial charge in [-0.2, -0.15) is 0 Å². The molecule has 4 heteroatoms. The Kier molecular flexibility index (Phi) is 9.70. The first kappa shape index (κ1) is 26.0. The Morgan fingerprint density at radius 1 is 0.710 bits per heavy atom. The summed E-state index contributed by atoms with van der Waals surface area (Å²) in [5, 5.41) is 4.24. The average Bonchev–Trinajstić information content (AvgIpc) is 2.74. The zero-order valence-electron chi connectivity index (χ0n) is 19.5. The average molecular weight is 516 g/mol. The minimum Gasteiger partial charge on any atom is -1.00 e. The molecule has 1 nitrogen and oxygen atoms in total. The summed E-state index contributed by atoms with van der Waals surface area (Å²) in [6, 6.07) is 33.4. The molecular weight excluding hydrogens is 479 g/mol. The molecule has 3 rings (SSSR count). The third-order valence-electron chi connectivity index (χ3n) is 5.49. The van der Waals surface area contributed by atoms with Gasteiger partial charge in [-0.1, -0.05) is 75.4 Å². The van der Waals surface area contributed by atoms with Gasteiger partial charge in [0.05, 0.1) is 0 Å². The summed E-state index contributed by atoms with van der Waals surface area (Å²) in [5.74, 6) is 0.190. The van der Waals surface area contributed by atoms with E-state index < -0.39 is 16.3 Å². The molecule has 1 atom stereocenters. The zero-order chi connectivity index (χ0) is 21.6. The van der Waals surface area contributed by atoms with Crippen LogP contribution >= 0.6 is 7.26 Å². The smallest absolute Gasteiger partial charge is 0.176 e. The van der Waals surface area contributed by atoms with Crippen molar-refractivity contribution in [3.8, 4) is 0 Å². The maximum atomic E-state index is 6.96. The summed E-state index contributed by atoms with van der Waals surface area (Å²) in [5.41, 5.74) is 0.278. The predicted octanol–water partition coefficient (Wildman–Crippen LogP) is 3.14. The molecule has 0 saturated carbocycles. The Morgan fingerprint density at radius 3 is 1.35 bits per heavy atom. The summed E-state index contributed by atoms with van der Waals surface area (Å²) in [4.78, 5) is 0. The van der Waals surface area contributed by atoms with Crippen molar-refractivity contribution in [3.05, 3.63) is 91.0 Å². The third-order valence-corrected chi connectivity index (χ3v) is 11.2. The van der Waals surface area contributed by atoms with Gasteiger partial charge in [0.2, 0.25) is 0 Å². The number of hydrogen-bond donors (Lipinski definition) is 0. The van der Waals surface area contributed by atoms with Crippen LogP contribution in [0.5, 0.6) is 0 Å². The first-order valence-electron chi connectivity index (χ1n) is 11.0. The molecular formula is C27H36BrOPSi. The molecule has 0 saturated heterocycles. The van der Waals surface area contributed by atoms with Gasteiger partial charge < -0.3 is 21.4 Å². The van der Waals surface area contributed by atoms with Crippen LogP contribution in [0.25, 0.3) is 0 Å². The Morgan fingerprint density at radius 2 is 1.06 bits per heavy atom. The van der Waals surface area contributed by atoms with Crippen molar-refractivity contribution < 1.29 is 21.4 Å². The second kappa shape index (κ2) is 11.6. The molecule has 1 unspecified atom stereocenters. The standard InChI is InChI=1S/C27H36OPSi.BrH/c1-27(2,3)22-21-26(28-30(4)5)29(23-15-9-6-10-16-23,24-17-11-7-12-18-24)25-19-13-8-14-20-25;/h6-20,26,30H,21-22H2,1-5H3;1H/q+1;/p-1. The van der Waals surface area contributed by atoms with Gasteiger partial charge in [-0.05, 0) is 61.3 Å². The minimum atomic E-state index is -1.99. The lowest BCUT2D eigenvalue weighted by atomic mass is 9.91. The van der Waals surface area contributed by atoms with Gasteiger partial charge in [-0.3, -0.25) is 0 Å². The largest absolute Gasteiger partial charge is 1.00 e. The van der Waals surface area contributed by atoms with Crippen molar-refractivity contribution in [2.75, 3.05) is 0 Å². The minimum absolute atomic E-state index is 0. The molecule has 0 aromatic heterocycles. The lowest BCUT2D eigenvalue weighted by molar-refractivity contribution is -0.00000750. The molecule has 0 aliphatic rings. The molecule has 0 spiro atoms. The van der Waals surface area contributed by atoms with E-state index in [0.717, 1.165) is 12.8 Å². The number of halogens is 1. The second-order valence-electron chi connectivity index (χ2n) is 9.47. The van der Waals surface area contributed by atoms with Gasteiger partial charge in [-0.25, -0.2) is 0 Å². The van der Waals surface area contributed by atoms with E-state index in [1.807, 2.05) is 0 Å². The molecule has 0 heterocycles. The maximum absolute atomic E-state index is 6.96. The van der Waals surface area contributed by atoms with E-state index in [-0.39, 0.29) is 28.2 Å². The van der Waals surface area contributed by atoms with Gasteiger partial charge in [0, 0.05) is 6.42 Å². The van der Waals surface area contributed by atoms with Crippen LogP contribution in [0.15, 0.2) is 91.0 Å². The van der Waals surface area contributed by atoms with E-state index in [1.165, 1.54) is 15.9 Å². The third kappa shape index (κ3) is 6.39. The second-order valence-corrected chi connectivity index (χ2v) is 15.4. The van der Waals surface area contributed by atoms with Crippen molar-refractivity contribution in [3.63, 3.8) is 0 Å². The lowest BCUT2D eigenvalue weighted by Crippen LogP contribution is -3.00. The SMILES string of the molecule is C[SiH](C)OC(CCC(C)(C)C)[P+](c1ccccc1)(c1ccccc1)c1ccccc1.[Br-]. The Labute approximate surface area is 202 Å². The zero-order valence-corrected chi connectivity index (χ0v) is 23.1. The summed E-state index contributed by atoms with van der Waals surface area (Å²) in [6.45, 7) is 11.6. The van der Waals surface area contributed by atoms with Crippen LogP contribution in [0, 0.1) is 5.41 Å². The quantitative estimate of drug-likeness (QED) is 0.331. The van der Waals surface area contributed by atoms with Crippen LogP contribution in [0.1, 0.15) is 33.6 Å². The fraction of sp³-hybridized carbons (Fsp3) is 0.333. The summed E-state index contributed by atoms with van der Waals surface area (Å²) in [7, 11) is -3.25. The highest BCUT2D eigenvalue weighted by Crippen LogP contribution is 2.61. The van der Waals surface area contributed by atoms with Crippen LogP contribution in [0.2, 0.25) is 13.1 Å². The molecule has 0 aliphatic heterocycles. The molecule has 0 N–H and O–H groups in total. The number of benzene rings is 3. The molecule has 166 valence electrons. The molecule has 3 aromatic carbocycles. The van der Waals surface area contributed by atoms with Crippen LogP contribution in [0.4, 0.5) is 0 Å². The van der Waals surface area contributed by atoms with E-state index in [0.29, 0.717) is 0 Å². The van der Waals surface area contributed by atoms with E-state index >= 15 is 0 Å². The maximum Gasteiger partial charge on any atom is 0.176 e. The van der Waals surface area contributed by atoms with Crippen molar-refractivity contribution in [1.29, 1.82) is 0 Å². The Bertz CT molecular complexity index is 798. The highest BCUT2D eigenvalue weighted by atomic mass is 79.9. The molecule has 0 amide bonds. The monoisotopic (exact) mass is 514 g/mol. The van der Waals surface area contributed by atoms with Crippen LogP contribution in [-0.4, -0.2) is 14.9 Å². The van der Waals surface area contributed by atoms with Crippen LogP contribution in [-0.2, 0) is 4.43 Å². The van der Waals surface area contributed by atoms with Gasteiger partial charge >= 0.3 is 0 Å². The van der Waals surface area contributed by atoms with Gasteiger partial charge in [0.15, 0.2) is 14.9 Å². The van der Waals surface area contributed by atoms with Gasteiger partial charge in [-0.15, -0.1) is 0 Å². The van der Waals surface area contributed by atoms with Gasteiger partial charge in [0.1, 0.15) is 23.2 Å². The van der Waals surface area contributed by atoms with Gasteiger partial charge in [0.25, 0.3) is 0 Å². The van der Waals surface area contributed by atoms with Crippen molar-refractivity contribution in [2.45, 2.75) is 52.6 Å². The van der Waals surface area contributed by atoms with E-state index in [1.54, 1.807) is 0 Å². The van der Waals surface area contributed by atoms with Crippen molar-refractivity contribution in [2.24, 2.45) is 5.41 Å². The Balaban J connectivity index is 0.00000341.